The van der Waals surface area contributed by atoms with Crippen LogP contribution in [-0.2, 0) is 11.3 Å². The molecule has 130 valence electrons. The summed E-state index contributed by atoms with van der Waals surface area (Å²) in [5.74, 6) is -0.673. The molecule has 0 spiro atoms. The maximum Gasteiger partial charge on any atom is 0.251 e. The van der Waals surface area contributed by atoms with Crippen LogP contribution in [0.5, 0.6) is 0 Å². The first-order valence-electron chi connectivity index (χ1n) is 8.04. The number of carbonyl (C=O) groups excluding carboxylic acids is 2. The van der Waals surface area contributed by atoms with Crippen LogP contribution in [0.15, 0.2) is 48.8 Å². The van der Waals surface area contributed by atoms with Gasteiger partial charge in [-0.15, -0.1) is 0 Å². The Balaban J connectivity index is 1.50. The number of aromatic nitrogens is 2. The van der Waals surface area contributed by atoms with Crippen molar-refractivity contribution < 1.29 is 9.59 Å². The van der Waals surface area contributed by atoms with Crippen molar-refractivity contribution >= 4 is 17.5 Å². The number of carbonyl (C=O) groups is 2. The lowest BCUT2D eigenvalue weighted by Gasteiger charge is -2.06. The number of nitrogens with one attached hydrogen (secondary N) is 2. The van der Waals surface area contributed by atoms with E-state index in [2.05, 4.69) is 15.6 Å². The van der Waals surface area contributed by atoms with Crippen molar-refractivity contribution in [1.82, 2.24) is 20.0 Å². The van der Waals surface area contributed by atoms with Crippen molar-refractivity contribution in [1.29, 1.82) is 5.26 Å². The Labute approximate surface area is 150 Å². The molecule has 0 saturated carbocycles. The molecule has 2 heterocycles. The van der Waals surface area contributed by atoms with E-state index in [0.717, 1.165) is 16.9 Å². The quantitative estimate of drug-likeness (QED) is 0.731. The van der Waals surface area contributed by atoms with Gasteiger partial charge in [0.15, 0.2) is 0 Å². The Hall–Kier alpha value is -3.66. The second-order valence-corrected chi connectivity index (χ2v) is 5.85. The maximum absolute atomic E-state index is 12.0. The lowest BCUT2D eigenvalue weighted by Crippen LogP contribution is -2.36. The topological polar surface area (TPSA) is 99.3 Å². The zero-order valence-corrected chi connectivity index (χ0v) is 14.2. The number of hydrogen-bond acceptors (Lipinski definition) is 4. The van der Waals surface area contributed by atoms with Crippen LogP contribution in [0.3, 0.4) is 0 Å². The summed E-state index contributed by atoms with van der Waals surface area (Å²) in [6, 6.07) is 12.1. The van der Waals surface area contributed by atoms with Gasteiger partial charge in [-0.3, -0.25) is 9.59 Å². The second kappa shape index (κ2) is 7.49. The SMILES string of the molecule is Cc1ccn2cc(CNC(=O)CNC(=O)c3ccc(C#N)cc3)nc2c1. The zero-order valence-electron chi connectivity index (χ0n) is 14.2. The molecule has 0 fully saturated rings. The largest absolute Gasteiger partial charge is 0.349 e. The van der Waals surface area contributed by atoms with E-state index in [1.54, 1.807) is 24.3 Å². The zero-order chi connectivity index (χ0) is 18.5. The highest BCUT2D eigenvalue weighted by Gasteiger charge is 2.09. The summed E-state index contributed by atoms with van der Waals surface area (Å²) in [6.07, 6.45) is 3.77. The van der Waals surface area contributed by atoms with E-state index >= 15 is 0 Å². The summed E-state index contributed by atoms with van der Waals surface area (Å²) in [6.45, 7) is 2.14. The van der Waals surface area contributed by atoms with Gasteiger partial charge in [-0.2, -0.15) is 5.26 Å². The average molecular weight is 347 g/mol. The molecule has 1 aromatic carbocycles. The monoisotopic (exact) mass is 347 g/mol. The van der Waals surface area contributed by atoms with E-state index < -0.39 is 0 Å². The molecule has 0 atom stereocenters. The number of rotatable bonds is 5. The summed E-state index contributed by atoms with van der Waals surface area (Å²) in [7, 11) is 0. The third-order valence-electron chi connectivity index (χ3n) is 3.82. The molecule has 3 rings (SSSR count). The average Bonchev–Trinajstić information content (AvgIpc) is 3.06. The van der Waals surface area contributed by atoms with Gasteiger partial charge in [0.2, 0.25) is 5.91 Å². The van der Waals surface area contributed by atoms with Gasteiger partial charge in [0, 0.05) is 18.0 Å². The van der Waals surface area contributed by atoms with E-state index in [1.807, 2.05) is 41.9 Å². The fourth-order valence-electron chi connectivity index (χ4n) is 2.43. The van der Waals surface area contributed by atoms with Crippen molar-refractivity contribution in [2.75, 3.05) is 6.54 Å². The summed E-state index contributed by atoms with van der Waals surface area (Å²) < 4.78 is 1.89. The summed E-state index contributed by atoms with van der Waals surface area (Å²) in [5.41, 5.74) is 3.55. The van der Waals surface area contributed by atoms with Crippen molar-refractivity contribution in [3.63, 3.8) is 0 Å². The first-order chi connectivity index (χ1) is 12.5. The molecule has 3 aromatic rings. The number of pyridine rings is 1. The molecule has 0 saturated heterocycles. The number of nitrogens with zero attached hydrogens (tertiary/aromatic N) is 3. The van der Waals surface area contributed by atoms with Crippen LogP contribution in [0.1, 0.15) is 27.2 Å². The number of amides is 2. The molecular formula is C19H17N5O2. The Kier molecular flexibility index (Phi) is 4.94. The smallest absolute Gasteiger partial charge is 0.251 e. The highest BCUT2D eigenvalue weighted by atomic mass is 16.2. The van der Waals surface area contributed by atoms with Crippen molar-refractivity contribution in [2.24, 2.45) is 0 Å². The number of fused-ring (bicyclic) bond motifs is 1. The fraction of sp³-hybridized carbons (Fsp3) is 0.158. The minimum atomic E-state index is -0.368. The maximum atomic E-state index is 12.0. The van der Waals surface area contributed by atoms with Crippen molar-refractivity contribution in [3.8, 4) is 6.07 Å². The third kappa shape index (κ3) is 4.05. The normalized spacial score (nSPS) is 10.3. The molecule has 2 amide bonds. The van der Waals surface area contributed by atoms with Gasteiger partial charge in [-0.05, 0) is 48.9 Å². The molecule has 0 aliphatic carbocycles. The van der Waals surface area contributed by atoms with Crippen molar-refractivity contribution in [3.05, 3.63) is 71.2 Å². The molecule has 0 bridgehead atoms. The molecular weight excluding hydrogens is 330 g/mol. The minimum absolute atomic E-state index is 0.134. The van der Waals surface area contributed by atoms with Gasteiger partial charge in [-0.25, -0.2) is 4.98 Å². The molecule has 0 unspecified atom stereocenters. The summed E-state index contributed by atoms with van der Waals surface area (Å²) in [5, 5.41) is 14.0. The van der Waals surface area contributed by atoms with Gasteiger partial charge in [-0.1, -0.05) is 0 Å². The Bertz CT molecular complexity index is 999. The standard InChI is InChI=1S/C19H17N5O2/c1-13-6-7-24-12-16(23-17(24)8-13)10-21-18(25)11-22-19(26)15-4-2-14(9-20)3-5-15/h2-8,12H,10-11H2,1H3,(H,21,25)(H,22,26). The highest BCUT2D eigenvalue weighted by molar-refractivity contribution is 5.96. The Morgan fingerprint density at radius 1 is 1.19 bits per heavy atom. The van der Waals surface area contributed by atoms with Gasteiger partial charge in [0.1, 0.15) is 5.65 Å². The van der Waals surface area contributed by atoms with Crippen LogP contribution in [-0.4, -0.2) is 27.7 Å². The number of nitriles is 1. The van der Waals surface area contributed by atoms with Crippen LogP contribution >= 0.6 is 0 Å². The van der Waals surface area contributed by atoms with E-state index in [1.165, 1.54) is 0 Å². The van der Waals surface area contributed by atoms with Gasteiger partial charge < -0.3 is 15.0 Å². The molecule has 26 heavy (non-hydrogen) atoms. The van der Waals surface area contributed by atoms with Gasteiger partial charge in [0.25, 0.3) is 5.91 Å². The lowest BCUT2D eigenvalue weighted by molar-refractivity contribution is -0.120. The lowest BCUT2D eigenvalue weighted by atomic mass is 10.1. The molecule has 0 aliphatic rings. The Morgan fingerprint density at radius 3 is 2.69 bits per heavy atom. The first kappa shape index (κ1) is 17.2. The third-order valence-corrected chi connectivity index (χ3v) is 3.82. The molecule has 7 nitrogen and oxygen atoms in total. The first-order valence-corrected chi connectivity index (χ1v) is 8.04. The molecule has 0 radical (unpaired) electrons. The fourth-order valence-corrected chi connectivity index (χ4v) is 2.43. The van der Waals surface area contributed by atoms with E-state index in [9.17, 15) is 9.59 Å². The summed E-state index contributed by atoms with van der Waals surface area (Å²) in [4.78, 5) is 28.3. The predicted molar refractivity (Wildman–Crippen MR) is 95.3 cm³/mol. The summed E-state index contributed by atoms with van der Waals surface area (Å²) >= 11 is 0. The van der Waals surface area contributed by atoms with Crippen LogP contribution < -0.4 is 10.6 Å². The van der Waals surface area contributed by atoms with E-state index in [4.69, 9.17) is 5.26 Å². The van der Waals surface area contributed by atoms with Crippen LogP contribution in [0.4, 0.5) is 0 Å². The van der Waals surface area contributed by atoms with Gasteiger partial charge in [0.05, 0.1) is 30.4 Å². The van der Waals surface area contributed by atoms with Crippen LogP contribution in [0, 0.1) is 18.3 Å². The molecule has 2 N–H and O–H groups in total. The van der Waals surface area contributed by atoms with Crippen LogP contribution in [0.2, 0.25) is 0 Å². The molecule has 7 heteroatoms. The number of hydrogen-bond donors (Lipinski definition) is 2. The Morgan fingerprint density at radius 2 is 1.96 bits per heavy atom. The second-order valence-electron chi connectivity index (χ2n) is 5.85. The predicted octanol–water partition coefficient (Wildman–Crippen LogP) is 1.56. The molecule has 0 aliphatic heterocycles. The van der Waals surface area contributed by atoms with E-state index in [-0.39, 0.29) is 24.9 Å². The minimum Gasteiger partial charge on any atom is -0.349 e. The number of imidazole rings is 1. The van der Waals surface area contributed by atoms with E-state index in [0.29, 0.717) is 11.1 Å². The number of benzene rings is 1. The van der Waals surface area contributed by atoms with Crippen molar-refractivity contribution in [2.45, 2.75) is 13.5 Å². The van der Waals surface area contributed by atoms with Crippen LogP contribution in [0.25, 0.3) is 5.65 Å². The molecule has 2 aromatic heterocycles. The van der Waals surface area contributed by atoms with Gasteiger partial charge >= 0.3 is 0 Å². The number of aryl methyl sites for hydroxylation is 1. The highest BCUT2D eigenvalue weighted by Crippen LogP contribution is 2.07.